The van der Waals surface area contributed by atoms with Gasteiger partial charge in [-0.25, -0.2) is 0 Å². The predicted molar refractivity (Wildman–Crippen MR) is 74.3 cm³/mol. The van der Waals surface area contributed by atoms with E-state index in [0.717, 1.165) is 23.3 Å². The molecule has 0 spiro atoms. The summed E-state index contributed by atoms with van der Waals surface area (Å²) in [6.07, 6.45) is 3.69. The Kier molecular flexibility index (Phi) is 4.73. The first kappa shape index (κ1) is 13.1. The molecule has 0 unspecified atom stereocenters. The van der Waals surface area contributed by atoms with Crippen LogP contribution in [0.4, 0.5) is 0 Å². The summed E-state index contributed by atoms with van der Waals surface area (Å²) in [6, 6.07) is 10.1. The molecule has 0 aliphatic heterocycles. The van der Waals surface area contributed by atoms with Gasteiger partial charge in [0.15, 0.2) is 0 Å². The van der Waals surface area contributed by atoms with Crippen LogP contribution in [0.1, 0.15) is 11.1 Å². The zero-order valence-corrected chi connectivity index (χ0v) is 11.9. The highest BCUT2D eigenvalue weighted by molar-refractivity contribution is 9.10. The molecule has 0 saturated carbocycles. The fourth-order valence-electron chi connectivity index (χ4n) is 1.82. The molecule has 0 atom stereocenters. The molecule has 1 aromatic carbocycles. The highest BCUT2D eigenvalue weighted by Crippen LogP contribution is 2.21. The first-order chi connectivity index (χ1) is 8.79. The maximum absolute atomic E-state index is 5.35. The Morgan fingerprint density at radius 2 is 2.17 bits per heavy atom. The third kappa shape index (κ3) is 3.55. The van der Waals surface area contributed by atoms with E-state index in [1.54, 1.807) is 13.3 Å². The average molecular weight is 308 g/mol. The number of halogens is 1. The summed E-state index contributed by atoms with van der Waals surface area (Å²) in [5.74, 6) is 0.931. The normalized spacial score (nSPS) is 10.3. The van der Waals surface area contributed by atoms with Crippen molar-refractivity contribution < 1.29 is 10.1 Å². The molecular formula is C14H16BrN2O+. The van der Waals surface area contributed by atoms with Crippen molar-refractivity contribution in [2.24, 2.45) is 0 Å². The zero-order chi connectivity index (χ0) is 12.8. The second kappa shape index (κ2) is 6.52. The first-order valence-corrected chi connectivity index (χ1v) is 6.62. The highest BCUT2D eigenvalue weighted by Gasteiger charge is 2.05. The van der Waals surface area contributed by atoms with Crippen molar-refractivity contribution in [1.82, 2.24) is 4.98 Å². The molecule has 4 heteroatoms. The van der Waals surface area contributed by atoms with Crippen molar-refractivity contribution in [3.63, 3.8) is 0 Å². The minimum absolute atomic E-state index is 0.886. The van der Waals surface area contributed by atoms with E-state index >= 15 is 0 Å². The van der Waals surface area contributed by atoms with Crippen molar-refractivity contribution in [1.29, 1.82) is 0 Å². The number of rotatable bonds is 5. The van der Waals surface area contributed by atoms with Crippen molar-refractivity contribution in [3.05, 3.63) is 58.3 Å². The van der Waals surface area contributed by atoms with Crippen LogP contribution in [0.2, 0.25) is 0 Å². The first-order valence-electron chi connectivity index (χ1n) is 5.82. The fraction of sp³-hybridized carbons (Fsp3) is 0.214. The molecule has 0 radical (unpaired) electrons. The maximum atomic E-state index is 5.35. The van der Waals surface area contributed by atoms with Gasteiger partial charge in [-0.2, -0.15) is 0 Å². The number of nitrogens with zero attached hydrogens (tertiary/aromatic N) is 1. The molecule has 2 aromatic rings. The molecule has 0 aliphatic rings. The van der Waals surface area contributed by atoms with Gasteiger partial charge < -0.3 is 10.1 Å². The molecule has 0 fully saturated rings. The fourth-order valence-corrected chi connectivity index (χ4v) is 2.23. The van der Waals surface area contributed by atoms with E-state index in [1.165, 1.54) is 11.1 Å². The molecule has 0 amide bonds. The third-order valence-electron chi connectivity index (χ3n) is 2.71. The lowest BCUT2D eigenvalue weighted by molar-refractivity contribution is -0.686. The number of hydrogen-bond acceptors (Lipinski definition) is 2. The van der Waals surface area contributed by atoms with Gasteiger partial charge in [-0.15, -0.1) is 0 Å². The lowest BCUT2D eigenvalue weighted by Gasteiger charge is -2.08. The van der Waals surface area contributed by atoms with Crippen LogP contribution in [0, 0.1) is 0 Å². The SMILES string of the molecule is COc1ccc(Br)cc1C[NH2+]Cc1cccnc1. The molecule has 1 aromatic heterocycles. The van der Waals surface area contributed by atoms with E-state index < -0.39 is 0 Å². The summed E-state index contributed by atoms with van der Waals surface area (Å²) < 4.78 is 6.43. The number of aromatic nitrogens is 1. The Morgan fingerprint density at radius 3 is 2.89 bits per heavy atom. The van der Waals surface area contributed by atoms with Gasteiger partial charge in [-0.1, -0.05) is 22.0 Å². The Hall–Kier alpha value is -1.39. The number of benzene rings is 1. The lowest BCUT2D eigenvalue weighted by atomic mass is 10.2. The van der Waals surface area contributed by atoms with Gasteiger partial charge in [0.1, 0.15) is 18.8 Å². The van der Waals surface area contributed by atoms with Crippen LogP contribution in [0.15, 0.2) is 47.2 Å². The van der Waals surface area contributed by atoms with E-state index in [4.69, 9.17) is 4.74 Å². The van der Waals surface area contributed by atoms with Gasteiger partial charge in [0, 0.05) is 28.0 Å². The summed E-state index contributed by atoms with van der Waals surface area (Å²) in [4.78, 5) is 4.11. The Labute approximate surface area is 115 Å². The molecular weight excluding hydrogens is 292 g/mol. The van der Waals surface area contributed by atoms with E-state index in [0.29, 0.717) is 0 Å². The van der Waals surface area contributed by atoms with Gasteiger partial charge in [0.2, 0.25) is 0 Å². The van der Waals surface area contributed by atoms with Crippen molar-refractivity contribution in [2.45, 2.75) is 13.1 Å². The van der Waals surface area contributed by atoms with Gasteiger partial charge in [-0.05, 0) is 24.3 Å². The number of quaternary nitrogens is 1. The number of methoxy groups -OCH3 is 1. The number of pyridine rings is 1. The summed E-state index contributed by atoms with van der Waals surface area (Å²) in [6.45, 7) is 1.81. The van der Waals surface area contributed by atoms with Gasteiger partial charge in [0.25, 0.3) is 0 Å². The second-order valence-electron chi connectivity index (χ2n) is 4.01. The number of hydrogen-bond donors (Lipinski definition) is 1. The van der Waals surface area contributed by atoms with Gasteiger partial charge in [0.05, 0.1) is 7.11 Å². The van der Waals surface area contributed by atoms with Crippen LogP contribution in [0.25, 0.3) is 0 Å². The molecule has 3 nitrogen and oxygen atoms in total. The topological polar surface area (TPSA) is 38.7 Å². The number of ether oxygens (including phenoxy) is 1. The molecule has 0 saturated heterocycles. The second-order valence-corrected chi connectivity index (χ2v) is 4.93. The van der Waals surface area contributed by atoms with Gasteiger partial charge in [-0.3, -0.25) is 4.98 Å². The quantitative estimate of drug-likeness (QED) is 0.919. The number of nitrogens with two attached hydrogens (primary N) is 1. The standard InChI is InChI=1S/C14H15BrN2O/c1-18-14-5-4-13(15)7-12(14)10-17-9-11-3-2-6-16-8-11/h2-8,17H,9-10H2,1H3/p+1. The lowest BCUT2D eigenvalue weighted by Crippen LogP contribution is -2.80. The van der Waals surface area contributed by atoms with Crippen LogP contribution in [-0.4, -0.2) is 12.1 Å². The van der Waals surface area contributed by atoms with Crippen molar-refractivity contribution in [2.75, 3.05) is 7.11 Å². The minimum atomic E-state index is 0.886. The van der Waals surface area contributed by atoms with E-state index in [9.17, 15) is 0 Å². The van der Waals surface area contributed by atoms with Crippen LogP contribution in [0.5, 0.6) is 5.75 Å². The van der Waals surface area contributed by atoms with Crippen LogP contribution in [-0.2, 0) is 13.1 Å². The van der Waals surface area contributed by atoms with E-state index in [2.05, 4.69) is 38.4 Å². The molecule has 94 valence electrons. The molecule has 0 aliphatic carbocycles. The van der Waals surface area contributed by atoms with Gasteiger partial charge >= 0.3 is 0 Å². The predicted octanol–water partition coefficient (Wildman–Crippen LogP) is 2.12. The minimum Gasteiger partial charge on any atom is -0.496 e. The average Bonchev–Trinajstić information content (AvgIpc) is 2.40. The third-order valence-corrected chi connectivity index (χ3v) is 3.20. The zero-order valence-electron chi connectivity index (χ0n) is 10.3. The largest absolute Gasteiger partial charge is 0.496 e. The van der Waals surface area contributed by atoms with E-state index in [1.807, 2.05) is 24.4 Å². The Bertz CT molecular complexity index is 502. The molecule has 2 N–H and O–H groups in total. The van der Waals surface area contributed by atoms with E-state index in [-0.39, 0.29) is 0 Å². The molecule has 1 heterocycles. The summed E-state index contributed by atoms with van der Waals surface area (Å²) in [7, 11) is 1.70. The smallest absolute Gasteiger partial charge is 0.127 e. The Balaban J connectivity index is 1.96. The highest BCUT2D eigenvalue weighted by atomic mass is 79.9. The van der Waals surface area contributed by atoms with Crippen LogP contribution >= 0.6 is 15.9 Å². The van der Waals surface area contributed by atoms with Crippen LogP contribution in [0.3, 0.4) is 0 Å². The monoisotopic (exact) mass is 307 g/mol. The van der Waals surface area contributed by atoms with Crippen molar-refractivity contribution in [3.8, 4) is 5.75 Å². The molecule has 0 bridgehead atoms. The summed E-state index contributed by atoms with van der Waals surface area (Å²) in [5.41, 5.74) is 2.42. The van der Waals surface area contributed by atoms with Crippen LogP contribution < -0.4 is 10.1 Å². The van der Waals surface area contributed by atoms with Crippen molar-refractivity contribution >= 4 is 15.9 Å². The molecule has 18 heavy (non-hydrogen) atoms. The maximum Gasteiger partial charge on any atom is 0.127 e. The Morgan fingerprint density at radius 1 is 1.28 bits per heavy atom. The molecule has 2 rings (SSSR count). The summed E-state index contributed by atoms with van der Waals surface area (Å²) >= 11 is 3.48. The summed E-state index contributed by atoms with van der Waals surface area (Å²) in [5, 5.41) is 2.24.